The lowest BCUT2D eigenvalue weighted by atomic mass is 10.00. The van der Waals surface area contributed by atoms with E-state index in [1.807, 2.05) is 0 Å². The van der Waals surface area contributed by atoms with Crippen molar-refractivity contribution in [3.05, 3.63) is 11.1 Å². The molecule has 1 aliphatic rings. The Kier molecular flexibility index (Phi) is 3.03. The van der Waals surface area contributed by atoms with E-state index in [4.69, 9.17) is 5.73 Å². The van der Waals surface area contributed by atoms with E-state index in [1.165, 1.54) is 12.8 Å². The maximum atomic E-state index is 5.54. The van der Waals surface area contributed by atoms with Gasteiger partial charge in [0.1, 0.15) is 0 Å². The van der Waals surface area contributed by atoms with Gasteiger partial charge >= 0.3 is 0 Å². The van der Waals surface area contributed by atoms with Crippen molar-refractivity contribution in [2.24, 2.45) is 11.7 Å². The molecule has 0 unspecified atom stereocenters. The van der Waals surface area contributed by atoms with Gasteiger partial charge in [0.25, 0.3) is 0 Å². The molecule has 4 heteroatoms. The summed E-state index contributed by atoms with van der Waals surface area (Å²) in [5.74, 6) is 0.875. The first-order valence-corrected chi connectivity index (χ1v) is 6.07. The zero-order valence-corrected chi connectivity index (χ0v) is 9.39. The predicted octanol–water partition coefficient (Wildman–Crippen LogP) is 1.84. The average Bonchev–Trinajstić information content (AvgIpc) is 2.67. The molecule has 14 heavy (non-hydrogen) atoms. The van der Waals surface area contributed by atoms with E-state index in [1.54, 1.807) is 11.3 Å². The fourth-order valence-electron chi connectivity index (χ4n) is 1.74. The van der Waals surface area contributed by atoms with Crippen LogP contribution in [0.25, 0.3) is 0 Å². The SMILES string of the molecule is CC1CCN(c2nc(CN)cs2)CC1. The van der Waals surface area contributed by atoms with Crippen LogP contribution in [0.2, 0.25) is 0 Å². The Balaban J connectivity index is 2.01. The zero-order chi connectivity index (χ0) is 9.97. The molecule has 0 aliphatic carbocycles. The summed E-state index contributed by atoms with van der Waals surface area (Å²) in [6.45, 7) is 5.18. The third kappa shape index (κ3) is 2.07. The molecule has 78 valence electrons. The number of thiazole rings is 1. The summed E-state index contributed by atoms with van der Waals surface area (Å²) in [7, 11) is 0. The molecule has 2 heterocycles. The molecule has 1 aliphatic heterocycles. The van der Waals surface area contributed by atoms with Gasteiger partial charge in [-0.3, -0.25) is 0 Å². The van der Waals surface area contributed by atoms with E-state index >= 15 is 0 Å². The molecule has 2 rings (SSSR count). The van der Waals surface area contributed by atoms with Gasteiger partial charge in [-0.1, -0.05) is 6.92 Å². The Hall–Kier alpha value is -0.610. The van der Waals surface area contributed by atoms with Crippen molar-refractivity contribution in [3.8, 4) is 0 Å². The number of hydrogen-bond acceptors (Lipinski definition) is 4. The molecule has 0 bridgehead atoms. The van der Waals surface area contributed by atoms with Crippen LogP contribution in [0.4, 0.5) is 5.13 Å². The van der Waals surface area contributed by atoms with E-state index in [0.29, 0.717) is 6.54 Å². The van der Waals surface area contributed by atoms with Crippen molar-refractivity contribution >= 4 is 16.5 Å². The highest BCUT2D eigenvalue weighted by molar-refractivity contribution is 7.13. The molecule has 1 saturated heterocycles. The second-order valence-electron chi connectivity index (χ2n) is 4.00. The molecule has 0 spiro atoms. The maximum Gasteiger partial charge on any atom is 0.185 e. The van der Waals surface area contributed by atoms with Crippen molar-refractivity contribution in [2.75, 3.05) is 18.0 Å². The second-order valence-corrected chi connectivity index (χ2v) is 4.83. The average molecular weight is 211 g/mol. The van der Waals surface area contributed by atoms with Crippen molar-refractivity contribution in [3.63, 3.8) is 0 Å². The first-order valence-electron chi connectivity index (χ1n) is 5.19. The normalized spacial score (nSPS) is 18.9. The third-order valence-corrected chi connectivity index (χ3v) is 3.75. The van der Waals surface area contributed by atoms with Gasteiger partial charge in [0.15, 0.2) is 5.13 Å². The molecule has 0 saturated carbocycles. The maximum absolute atomic E-state index is 5.54. The number of rotatable bonds is 2. The Morgan fingerprint density at radius 2 is 2.29 bits per heavy atom. The van der Waals surface area contributed by atoms with Crippen LogP contribution in [-0.2, 0) is 6.54 Å². The largest absolute Gasteiger partial charge is 0.348 e. The van der Waals surface area contributed by atoms with Crippen LogP contribution in [0.5, 0.6) is 0 Å². The highest BCUT2D eigenvalue weighted by Crippen LogP contribution is 2.25. The van der Waals surface area contributed by atoms with Crippen LogP contribution in [0.1, 0.15) is 25.5 Å². The van der Waals surface area contributed by atoms with Gasteiger partial charge < -0.3 is 10.6 Å². The highest BCUT2D eigenvalue weighted by atomic mass is 32.1. The van der Waals surface area contributed by atoms with Gasteiger partial charge in [0.2, 0.25) is 0 Å². The van der Waals surface area contributed by atoms with Gasteiger partial charge in [-0.15, -0.1) is 11.3 Å². The first-order chi connectivity index (χ1) is 6.79. The minimum Gasteiger partial charge on any atom is -0.348 e. The number of nitrogens with zero attached hydrogens (tertiary/aromatic N) is 2. The monoisotopic (exact) mass is 211 g/mol. The molecule has 2 N–H and O–H groups in total. The van der Waals surface area contributed by atoms with E-state index < -0.39 is 0 Å². The number of aromatic nitrogens is 1. The molecule has 0 aromatic carbocycles. The standard InChI is InChI=1S/C10H17N3S/c1-8-2-4-13(5-3-8)10-12-9(6-11)7-14-10/h7-8H,2-6,11H2,1H3. The zero-order valence-electron chi connectivity index (χ0n) is 8.57. The van der Waals surface area contributed by atoms with Crippen LogP contribution < -0.4 is 10.6 Å². The summed E-state index contributed by atoms with van der Waals surface area (Å²) >= 11 is 1.72. The molecule has 1 fully saturated rings. The Labute approximate surface area is 88.9 Å². The summed E-state index contributed by atoms with van der Waals surface area (Å²) in [4.78, 5) is 6.88. The van der Waals surface area contributed by atoms with Gasteiger partial charge in [0.05, 0.1) is 5.69 Å². The summed E-state index contributed by atoms with van der Waals surface area (Å²) in [6.07, 6.45) is 2.58. The minimum atomic E-state index is 0.556. The van der Waals surface area contributed by atoms with Gasteiger partial charge in [-0.05, 0) is 18.8 Å². The molecular weight excluding hydrogens is 194 g/mol. The van der Waals surface area contributed by atoms with Crippen molar-refractivity contribution in [2.45, 2.75) is 26.3 Å². The number of hydrogen-bond donors (Lipinski definition) is 1. The molecule has 0 atom stereocenters. The minimum absolute atomic E-state index is 0.556. The molecule has 3 nitrogen and oxygen atoms in total. The van der Waals surface area contributed by atoms with Gasteiger partial charge in [0, 0.05) is 25.0 Å². The Morgan fingerprint density at radius 3 is 2.86 bits per heavy atom. The van der Waals surface area contributed by atoms with Crippen LogP contribution in [0.15, 0.2) is 5.38 Å². The van der Waals surface area contributed by atoms with Gasteiger partial charge in [-0.25, -0.2) is 4.98 Å². The Bertz CT molecular complexity index is 289. The molecular formula is C10H17N3S. The van der Waals surface area contributed by atoms with Crippen LogP contribution >= 0.6 is 11.3 Å². The first kappa shape index (κ1) is 9.93. The lowest BCUT2D eigenvalue weighted by Crippen LogP contribution is -2.32. The predicted molar refractivity (Wildman–Crippen MR) is 60.6 cm³/mol. The number of nitrogens with two attached hydrogens (primary N) is 1. The van der Waals surface area contributed by atoms with E-state index in [-0.39, 0.29) is 0 Å². The summed E-state index contributed by atoms with van der Waals surface area (Å²) in [5.41, 5.74) is 6.56. The molecule has 1 aromatic rings. The topological polar surface area (TPSA) is 42.2 Å². The van der Waals surface area contributed by atoms with Crippen LogP contribution in [0, 0.1) is 5.92 Å². The summed E-state index contributed by atoms with van der Waals surface area (Å²) in [6, 6.07) is 0. The van der Waals surface area contributed by atoms with Crippen LogP contribution in [0.3, 0.4) is 0 Å². The Morgan fingerprint density at radius 1 is 1.57 bits per heavy atom. The lowest BCUT2D eigenvalue weighted by molar-refractivity contribution is 0.438. The lowest BCUT2D eigenvalue weighted by Gasteiger charge is -2.29. The molecule has 1 aromatic heterocycles. The van der Waals surface area contributed by atoms with Crippen molar-refractivity contribution < 1.29 is 0 Å². The quantitative estimate of drug-likeness (QED) is 0.811. The smallest absolute Gasteiger partial charge is 0.185 e. The molecule has 0 radical (unpaired) electrons. The highest BCUT2D eigenvalue weighted by Gasteiger charge is 2.17. The third-order valence-electron chi connectivity index (χ3n) is 2.80. The van der Waals surface area contributed by atoms with E-state index in [9.17, 15) is 0 Å². The summed E-state index contributed by atoms with van der Waals surface area (Å²) < 4.78 is 0. The molecule has 0 amide bonds. The summed E-state index contributed by atoms with van der Waals surface area (Å²) in [5, 5.41) is 3.21. The van der Waals surface area contributed by atoms with Crippen LogP contribution in [-0.4, -0.2) is 18.1 Å². The second kappa shape index (κ2) is 4.28. The fraction of sp³-hybridized carbons (Fsp3) is 0.700. The van der Waals surface area contributed by atoms with Crippen molar-refractivity contribution in [1.82, 2.24) is 4.98 Å². The van der Waals surface area contributed by atoms with Gasteiger partial charge in [-0.2, -0.15) is 0 Å². The number of piperidine rings is 1. The number of anilines is 1. The fourth-order valence-corrected chi connectivity index (χ4v) is 2.63. The van der Waals surface area contributed by atoms with E-state index in [2.05, 4.69) is 22.2 Å². The van der Waals surface area contributed by atoms with E-state index in [0.717, 1.165) is 29.8 Å². The van der Waals surface area contributed by atoms with Crippen molar-refractivity contribution in [1.29, 1.82) is 0 Å².